The Morgan fingerprint density at radius 3 is 2.75 bits per heavy atom. The van der Waals surface area contributed by atoms with Crippen molar-refractivity contribution in [3.05, 3.63) is 54.2 Å². The molecule has 0 bridgehead atoms. The minimum absolute atomic E-state index is 0.0689. The smallest absolute Gasteiger partial charge is 0.258 e. The highest BCUT2D eigenvalue weighted by Crippen LogP contribution is 2.21. The van der Waals surface area contributed by atoms with Gasteiger partial charge in [-0.25, -0.2) is 0 Å². The van der Waals surface area contributed by atoms with Gasteiger partial charge in [0.15, 0.2) is 12.4 Å². The van der Waals surface area contributed by atoms with Crippen LogP contribution in [0.15, 0.2) is 51.6 Å². The minimum atomic E-state index is -0.222. The molecule has 0 saturated heterocycles. The van der Waals surface area contributed by atoms with Crippen molar-refractivity contribution < 1.29 is 18.5 Å². The summed E-state index contributed by atoms with van der Waals surface area (Å²) < 4.78 is 15.8. The van der Waals surface area contributed by atoms with Crippen LogP contribution in [0.1, 0.15) is 18.5 Å². The Morgan fingerprint density at radius 2 is 2.08 bits per heavy atom. The molecule has 0 atom stereocenters. The molecule has 124 valence electrons. The molecule has 3 rings (SSSR count). The zero-order valence-corrected chi connectivity index (χ0v) is 13.2. The lowest BCUT2D eigenvalue weighted by atomic mass is 10.2. The van der Waals surface area contributed by atoms with Gasteiger partial charge in [0, 0.05) is 12.0 Å². The van der Waals surface area contributed by atoms with Crippen molar-refractivity contribution in [1.82, 2.24) is 15.5 Å². The van der Waals surface area contributed by atoms with Crippen LogP contribution in [-0.4, -0.2) is 22.7 Å². The first kappa shape index (κ1) is 15.8. The Balaban J connectivity index is 1.49. The Morgan fingerprint density at radius 1 is 1.25 bits per heavy atom. The molecule has 1 aromatic carbocycles. The van der Waals surface area contributed by atoms with Gasteiger partial charge in [-0.2, -0.15) is 4.98 Å². The maximum atomic E-state index is 11.7. The molecule has 2 heterocycles. The summed E-state index contributed by atoms with van der Waals surface area (Å²) in [5.74, 6) is 2.19. The fraction of sp³-hybridized carbons (Fsp3) is 0.235. The molecule has 0 spiro atoms. The molecule has 0 saturated carbocycles. The zero-order chi connectivity index (χ0) is 16.8. The highest BCUT2D eigenvalue weighted by atomic mass is 16.5. The highest BCUT2D eigenvalue weighted by Gasteiger charge is 2.08. The summed E-state index contributed by atoms with van der Waals surface area (Å²) in [6.45, 7) is 2.23. The van der Waals surface area contributed by atoms with Gasteiger partial charge in [0.25, 0.3) is 11.8 Å². The summed E-state index contributed by atoms with van der Waals surface area (Å²) in [4.78, 5) is 16.0. The zero-order valence-electron chi connectivity index (χ0n) is 13.2. The average molecular weight is 327 g/mol. The van der Waals surface area contributed by atoms with Gasteiger partial charge in [0.2, 0.25) is 0 Å². The topological polar surface area (TPSA) is 90.4 Å². The molecule has 1 amide bonds. The van der Waals surface area contributed by atoms with Crippen LogP contribution in [0.5, 0.6) is 5.75 Å². The van der Waals surface area contributed by atoms with Crippen LogP contribution < -0.4 is 10.1 Å². The van der Waals surface area contributed by atoms with E-state index in [1.165, 1.54) is 0 Å². The lowest BCUT2D eigenvalue weighted by Crippen LogP contribution is -2.28. The number of ether oxygens (including phenoxy) is 1. The molecule has 0 fully saturated rings. The lowest BCUT2D eigenvalue weighted by molar-refractivity contribution is -0.123. The molecule has 0 unspecified atom stereocenters. The van der Waals surface area contributed by atoms with Crippen molar-refractivity contribution in [3.8, 4) is 17.2 Å². The van der Waals surface area contributed by atoms with Crippen LogP contribution >= 0.6 is 0 Å². The predicted octanol–water partition coefficient (Wildman–Crippen LogP) is 2.59. The van der Waals surface area contributed by atoms with E-state index in [0.717, 1.165) is 12.0 Å². The number of rotatable bonds is 7. The van der Waals surface area contributed by atoms with Crippen LogP contribution in [0.2, 0.25) is 0 Å². The van der Waals surface area contributed by atoms with Crippen molar-refractivity contribution >= 4 is 5.91 Å². The fourth-order valence-electron chi connectivity index (χ4n) is 2.01. The SMILES string of the molecule is CCc1noc(-c2ccc(OCC(=O)NCc3ccco3)cc2)n1. The number of aryl methyl sites for hydroxylation is 1. The van der Waals surface area contributed by atoms with Gasteiger partial charge in [-0.15, -0.1) is 0 Å². The molecular weight excluding hydrogens is 310 g/mol. The average Bonchev–Trinajstić information content (AvgIpc) is 3.30. The van der Waals surface area contributed by atoms with Gasteiger partial charge in [0.1, 0.15) is 11.5 Å². The minimum Gasteiger partial charge on any atom is -0.484 e. The number of carbonyl (C=O) groups is 1. The Bertz CT molecular complexity index is 779. The van der Waals surface area contributed by atoms with Crippen LogP contribution in [0.4, 0.5) is 0 Å². The second-order valence-corrected chi connectivity index (χ2v) is 5.04. The first-order valence-electron chi connectivity index (χ1n) is 7.59. The maximum absolute atomic E-state index is 11.7. The number of benzene rings is 1. The molecule has 7 nitrogen and oxygen atoms in total. The quantitative estimate of drug-likeness (QED) is 0.717. The number of carbonyl (C=O) groups excluding carboxylic acids is 1. The number of amides is 1. The first-order chi connectivity index (χ1) is 11.7. The second kappa shape index (κ2) is 7.45. The van der Waals surface area contributed by atoms with Crippen LogP contribution in [0.25, 0.3) is 11.5 Å². The summed E-state index contributed by atoms with van der Waals surface area (Å²) in [5, 5.41) is 6.57. The largest absolute Gasteiger partial charge is 0.484 e. The molecule has 0 radical (unpaired) electrons. The summed E-state index contributed by atoms with van der Waals surface area (Å²) in [6, 6.07) is 10.7. The molecule has 0 aliphatic heterocycles. The van der Waals surface area contributed by atoms with E-state index in [1.807, 2.05) is 19.1 Å². The third kappa shape index (κ3) is 4.01. The number of nitrogens with zero attached hydrogens (tertiary/aromatic N) is 2. The van der Waals surface area contributed by atoms with Crippen molar-refractivity contribution in [3.63, 3.8) is 0 Å². The number of aromatic nitrogens is 2. The summed E-state index contributed by atoms with van der Waals surface area (Å²) in [7, 11) is 0. The summed E-state index contributed by atoms with van der Waals surface area (Å²) in [5.41, 5.74) is 0.803. The van der Waals surface area contributed by atoms with Crippen LogP contribution in [0.3, 0.4) is 0 Å². The van der Waals surface area contributed by atoms with Crippen LogP contribution in [0, 0.1) is 0 Å². The van der Waals surface area contributed by atoms with E-state index in [1.54, 1.807) is 30.5 Å². The van der Waals surface area contributed by atoms with Crippen molar-refractivity contribution in [2.45, 2.75) is 19.9 Å². The molecular formula is C17H17N3O4. The monoisotopic (exact) mass is 327 g/mol. The van der Waals surface area contributed by atoms with E-state index in [0.29, 0.717) is 29.8 Å². The number of hydrogen-bond acceptors (Lipinski definition) is 6. The van der Waals surface area contributed by atoms with E-state index < -0.39 is 0 Å². The van der Waals surface area contributed by atoms with Crippen molar-refractivity contribution in [1.29, 1.82) is 0 Å². The Labute approximate surface area is 138 Å². The molecule has 2 aromatic heterocycles. The molecule has 0 aliphatic carbocycles. The van der Waals surface area contributed by atoms with E-state index in [4.69, 9.17) is 13.7 Å². The molecule has 24 heavy (non-hydrogen) atoms. The summed E-state index contributed by atoms with van der Waals surface area (Å²) >= 11 is 0. The van der Waals surface area contributed by atoms with E-state index in [-0.39, 0.29) is 12.5 Å². The standard InChI is InChI=1S/C17H17N3O4/c1-2-15-19-17(24-20-15)12-5-7-13(8-6-12)23-11-16(21)18-10-14-4-3-9-22-14/h3-9H,2,10-11H2,1H3,(H,18,21). The lowest BCUT2D eigenvalue weighted by Gasteiger charge is -2.06. The normalized spacial score (nSPS) is 10.5. The second-order valence-electron chi connectivity index (χ2n) is 5.04. The van der Waals surface area contributed by atoms with Crippen molar-refractivity contribution in [2.75, 3.05) is 6.61 Å². The van der Waals surface area contributed by atoms with Gasteiger partial charge in [-0.05, 0) is 36.4 Å². The number of nitrogens with one attached hydrogen (secondary N) is 1. The number of hydrogen-bond donors (Lipinski definition) is 1. The molecule has 7 heteroatoms. The molecule has 3 aromatic rings. The maximum Gasteiger partial charge on any atom is 0.258 e. The van der Waals surface area contributed by atoms with Gasteiger partial charge in [-0.3, -0.25) is 4.79 Å². The van der Waals surface area contributed by atoms with E-state index >= 15 is 0 Å². The van der Waals surface area contributed by atoms with Gasteiger partial charge in [-0.1, -0.05) is 12.1 Å². The third-order valence-corrected chi connectivity index (χ3v) is 3.30. The Hall–Kier alpha value is -3.09. The van der Waals surface area contributed by atoms with E-state index in [2.05, 4.69) is 15.5 Å². The van der Waals surface area contributed by atoms with Gasteiger partial charge >= 0.3 is 0 Å². The van der Waals surface area contributed by atoms with Crippen LogP contribution in [-0.2, 0) is 17.8 Å². The molecule has 0 aliphatic rings. The number of furan rings is 1. The first-order valence-corrected chi connectivity index (χ1v) is 7.59. The predicted molar refractivity (Wildman–Crippen MR) is 85.2 cm³/mol. The summed E-state index contributed by atoms with van der Waals surface area (Å²) in [6.07, 6.45) is 2.28. The highest BCUT2D eigenvalue weighted by molar-refractivity contribution is 5.77. The third-order valence-electron chi connectivity index (χ3n) is 3.30. The van der Waals surface area contributed by atoms with Gasteiger partial charge < -0.3 is 19.0 Å². The van der Waals surface area contributed by atoms with E-state index in [9.17, 15) is 4.79 Å². The fourth-order valence-corrected chi connectivity index (χ4v) is 2.01. The Kier molecular flexibility index (Phi) is 4.90. The van der Waals surface area contributed by atoms with Gasteiger partial charge in [0.05, 0.1) is 12.8 Å². The van der Waals surface area contributed by atoms with Crippen molar-refractivity contribution in [2.24, 2.45) is 0 Å². The molecule has 1 N–H and O–H groups in total.